The fourth-order valence-corrected chi connectivity index (χ4v) is 8.71. The number of halogens is 2. The molecule has 1 aliphatic rings. The number of fused-ring (bicyclic) bond motifs is 1. The molecule has 1 saturated carbocycles. The average molecular weight is 831 g/mol. The van der Waals surface area contributed by atoms with E-state index >= 15 is 0 Å². The predicted molar refractivity (Wildman–Crippen MR) is 215 cm³/mol. The maximum Gasteiger partial charge on any atom is 0.411 e. The molecule has 1 amide bonds. The Balaban J connectivity index is 0.00000600. The van der Waals surface area contributed by atoms with Gasteiger partial charge in [0.25, 0.3) is 0 Å². The summed E-state index contributed by atoms with van der Waals surface area (Å²) in [6.45, 7) is 1.05. The number of benzene rings is 2. The number of phenolic OH excluding ortho intramolecular Hbond substituents is 1. The van der Waals surface area contributed by atoms with Crippen molar-refractivity contribution in [3.8, 4) is 11.5 Å². The molecule has 17 heteroatoms. The summed E-state index contributed by atoms with van der Waals surface area (Å²) in [6, 6.07) is 16.5. The smallest absolute Gasteiger partial charge is 0.411 e. The van der Waals surface area contributed by atoms with Crippen molar-refractivity contribution in [3.63, 3.8) is 0 Å². The number of H-pyrrole nitrogens is 1. The number of aromatic hydroxyl groups is 1. The van der Waals surface area contributed by atoms with Gasteiger partial charge in [0.2, 0.25) is 11.2 Å². The fourth-order valence-electron chi connectivity index (χ4n) is 6.76. The van der Waals surface area contributed by atoms with Crippen molar-refractivity contribution in [2.24, 2.45) is 0 Å². The number of likely N-dealkylation sites (N-methyl/N-ethyl adjacent to an activating group) is 1. The van der Waals surface area contributed by atoms with Crippen LogP contribution in [-0.4, -0.2) is 83.3 Å². The molecule has 2 aromatic carbocycles. The van der Waals surface area contributed by atoms with Gasteiger partial charge in [-0.05, 0) is 79.4 Å². The van der Waals surface area contributed by atoms with E-state index in [1.165, 1.54) is 41.9 Å². The van der Waals surface area contributed by atoms with Crippen molar-refractivity contribution >= 4 is 62.9 Å². The van der Waals surface area contributed by atoms with Crippen LogP contribution in [0.4, 0.5) is 15.2 Å². The van der Waals surface area contributed by atoms with Gasteiger partial charge < -0.3 is 44.7 Å². The quantitative estimate of drug-likeness (QED) is 0.0655. The number of nitrogens with zero attached hydrogens (tertiary/aromatic N) is 1. The third-order valence-electron chi connectivity index (χ3n) is 9.79. The van der Waals surface area contributed by atoms with Crippen molar-refractivity contribution in [2.45, 2.75) is 56.1 Å². The first-order valence-corrected chi connectivity index (χ1v) is 19.9. The predicted octanol–water partition coefficient (Wildman–Crippen LogP) is 6.27. The first-order valence-electron chi connectivity index (χ1n) is 17.7. The first kappa shape index (κ1) is 42.6. The summed E-state index contributed by atoms with van der Waals surface area (Å²) < 4.78 is 16.9. The first-order chi connectivity index (χ1) is 26.5. The fraction of sp³-hybridized carbons (Fsp3) is 0.359. The molecule has 0 saturated heterocycles. The Hall–Kier alpha value is -4.55. The number of carbonyl (C=O) groups is 2. The van der Waals surface area contributed by atoms with Gasteiger partial charge in [-0.15, -0.1) is 22.7 Å². The normalized spacial score (nSPS) is 16.2. The van der Waals surface area contributed by atoms with Gasteiger partial charge >= 0.3 is 12.1 Å². The summed E-state index contributed by atoms with van der Waals surface area (Å²) in [5, 5.41) is 42.9. The molecule has 3 heterocycles. The summed E-state index contributed by atoms with van der Waals surface area (Å²) in [5.41, 5.74) is -0.411. The number of ether oxygens (including phenoxy) is 3. The van der Waals surface area contributed by atoms with E-state index in [9.17, 15) is 29.7 Å². The molecule has 1 aliphatic carbocycles. The molecule has 300 valence electrons. The number of aromatic amines is 1. The van der Waals surface area contributed by atoms with E-state index in [0.717, 1.165) is 12.8 Å². The van der Waals surface area contributed by atoms with E-state index in [-0.39, 0.29) is 58.4 Å². The zero-order valence-electron chi connectivity index (χ0n) is 30.7. The SMILES string of the molecule is COc1cc(NC(=O)OCCN(C)C2CCC(OC(=O)C(O)(c3cccs3)c3cccs3)CC2)c(Cl)cc1CNC[C@H](O)c1ccc(O)c2[nH]c(=O)ccc12.F. The molecular weight excluding hydrogens is 787 g/mol. The van der Waals surface area contributed by atoms with E-state index in [4.69, 9.17) is 25.8 Å². The summed E-state index contributed by atoms with van der Waals surface area (Å²) >= 11 is 9.16. The molecule has 6 N–H and O–H groups in total. The van der Waals surface area contributed by atoms with E-state index in [0.29, 0.717) is 57.1 Å². The number of rotatable bonds is 15. The van der Waals surface area contributed by atoms with Crippen LogP contribution in [0.15, 0.2) is 76.2 Å². The Bertz CT molecular complexity index is 2110. The van der Waals surface area contributed by atoms with E-state index in [2.05, 4.69) is 20.5 Å². The van der Waals surface area contributed by atoms with Crippen molar-refractivity contribution in [3.05, 3.63) is 108 Å². The number of hydrogen-bond donors (Lipinski definition) is 6. The van der Waals surface area contributed by atoms with Gasteiger partial charge in [0.1, 0.15) is 24.2 Å². The lowest BCUT2D eigenvalue weighted by molar-refractivity contribution is -0.169. The molecule has 5 aromatic rings. The monoisotopic (exact) mass is 830 g/mol. The number of amides is 1. The molecule has 6 rings (SSSR count). The van der Waals surface area contributed by atoms with Crippen LogP contribution in [0.5, 0.6) is 11.5 Å². The third-order valence-corrected chi connectivity index (χ3v) is 12.1. The van der Waals surface area contributed by atoms with Crippen LogP contribution in [0, 0.1) is 0 Å². The number of phenols is 1. The van der Waals surface area contributed by atoms with Crippen molar-refractivity contribution in [1.82, 2.24) is 15.2 Å². The number of aliphatic hydroxyl groups excluding tert-OH is 1. The molecule has 0 radical (unpaired) electrons. The molecule has 56 heavy (non-hydrogen) atoms. The van der Waals surface area contributed by atoms with Crippen molar-refractivity contribution in [2.75, 3.05) is 39.2 Å². The van der Waals surface area contributed by atoms with Gasteiger partial charge in [0.15, 0.2) is 0 Å². The highest BCUT2D eigenvalue weighted by atomic mass is 35.5. The van der Waals surface area contributed by atoms with Crippen LogP contribution in [0.25, 0.3) is 10.9 Å². The summed E-state index contributed by atoms with van der Waals surface area (Å²) in [7, 11) is 3.46. The Kier molecular flexibility index (Phi) is 14.5. The lowest BCUT2D eigenvalue weighted by Crippen LogP contribution is -2.42. The highest BCUT2D eigenvalue weighted by Crippen LogP contribution is 2.38. The lowest BCUT2D eigenvalue weighted by Gasteiger charge is -2.35. The van der Waals surface area contributed by atoms with Gasteiger partial charge in [-0.3, -0.25) is 14.8 Å². The molecular formula is C39H44ClFN4O9S2. The van der Waals surface area contributed by atoms with Crippen LogP contribution < -0.4 is 20.9 Å². The largest absolute Gasteiger partial charge is 0.506 e. The molecule has 0 spiro atoms. The van der Waals surface area contributed by atoms with E-state index < -0.39 is 23.8 Å². The number of carbonyl (C=O) groups excluding carboxylic acids is 2. The van der Waals surface area contributed by atoms with Gasteiger partial charge in [-0.25, -0.2) is 9.59 Å². The highest BCUT2D eigenvalue weighted by molar-refractivity contribution is 7.12. The second kappa shape index (κ2) is 19.1. The van der Waals surface area contributed by atoms with Gasteiger partial charge in [0, 0.05) is 48.8 Å². The Morgan fingerprint density at radius 3 is 2.39 bits per heavy atom. The minimum Gasteiger partial charge on any atom is -0.506 e. The van der Waals surface area contributed by atoms with Crippen LogP contribution in [0.1, 0.15) is 52.7 Å². The number of anilines is 1. The summed E-state index contributed by atoms with van der Waals surface area (Å²) in [6.07, 6.45) is 0.933. The lowest BCUT2D eigenvalue weighted by atomic mass is 9.91. The number of methoxy groups -OCH3 is 1. The number of esters is 1. The number of thiophene rings is 2. The maximum atomic E-state index is 13.3. The molecule has 1 atom stereocenters. The van der Waals surface area contributed by atoms with Gasteiger partial charge in [0.05, 0.1) is 39.2 Å². The molecule has 0 aliphatic heterocycles. The van der Waals surface area contributed by atoms with E-state index in [1.54, 1.807) is 48.5 Å². The van der Waals surface area contributed by atoms with Gasteiger partial charge in [-0.2, -0.15) is 0 Å². The number of pyridine rings is 1. The minimum atomic E-state index is -1.83. The van der Waals surface area contributed by atoms with Crippen LogP contribution >= 0.6 is 34.3 Å². The number of aromatic nitrogens is 1. The standard InChI is InChI=1S/C39H43ClN4O9S2.FH/c1-44(24-7-9-25(10-8-24)53-37(48)39(50,33-5-3-17-54-33)34-6-4-18-55-34)15-16-52-38(49)42-29-20-32(51-2)23(19-28(29)40)21-41-22-31(46)26-11-13-30(45)36-27(26)12-14-35(47)43-36;/h3-6,11-14,17-20,24-25,31,41,45-46,50H,7-10,15-16,21-22H2,1-2H3,(H,42,49)(H,43,47);1H/t24?,25?,31-;/m0./s1. The third kappa shape index (κ3) is 9.69. The topological polar surface area (TPSA) is 183 Å². The number of aliphatic hydroxyl groups is 2. The molecule has 13 nitrogen and oxygen atoms in total. The average Bonchev–Trinajstić information content (AvgIpc) is 3.93. The number of hydrogen-bond acceptors (Lipinski definition) is 13. The molecule has 1 fully saturated rings. The van der Waals surface area contributed by atoms with E-state index in [1.807, 2.05) is 17.8 Å². The Morgan fingerprint density at radius 1 is 1.05 bits per heavy atom. The Morgan fingerprint density at radius 2 is 1.75 bits per heavy atom. The van der Waals surface area contributed by atoms with Gasteiger partial charge in [-0.1, -0.05) is 29.8 Å². The van der Waals surface area contributed by atoms with Crippen LogP contribution in [0.3, 0.4) is 0 Å². The van der Waals surface area contributed by atoms with Crippen molar-refractivity contribution < 1.29 is 43.8 Å². The van der Waals surface area contributed by atoms with Crippen molar-refractivity contribution in [1.29, 1.82) is 0 Å². The molecule has 0 bridgehead atoms. The highest BCUT2D eigenvalue weighted by Gasteiger charge is 2.45. The minimum absolute atomic E-state index is 0. The zero-order valence-corrected chi connectivity index (χ0v) is 33.0. The summed E-state index contributed by atoms with van der Waals surface area (Å²) in [4.78, 5) is 43.6. The Labute approximate surface area is 335 Å². The molecule has 3 aromatic heterocycles. The molecule has 0 unspecified atom stereocenters. The van der Waals surface area contributed by atoms with Crippen LogP contribution in [0.2, 0.25) is 5.02 Å². The maximum absolute atomic E-state index is 13.3. The van der Waals surface area contributed by atoms with Crippen LogP contribution in [-0.2, 0) is 26.4 Å². The second-order valence-corrected chi connectivity index (χ2v) is 15.6. The summed E-state index contributed by atoms with van der Waals surface area (Å²) in [5.74, 6) is -0.291. The number of nitrogens with one attached hydrogen (secondary N) is 3. The second-order valence-electron chi connectivity index (χ2n) is 13.3. The zero-order chi connectivity index (χ0) is 39.1.